The lowest BCUT2D eigenvalue weighted by molar-refractivity contribution is -0.384. The molecule has 0 spiro atoms. The van der Waals surface area contributed by atoms with Crippen molar-refractivity contribution in [3.63, 3.8) is 0 Å². The van der Waals surface area contributed by atoms with Crippen molar-refractivity contribution in [3.05, 3.63) is 86.0 Å². The molecule has 1 aliphatic rings. The Balaban J connectivity index is 1.68. The highest BCUT2D eigenvalue weighted by Crippen LogP contribution is 2.35. The van der Waals surface area contributed by atoms with Crippen LogP contribution in [0.15, 0.2) is 74.8 Å². The van der Waals surface area contributed by atoms with Gasteiger partial charge in [-0.2, -0.15) is 0 Å². The second-order valence-corrected chi connectivity index (χ2v) is 9.00. The van der Waals surface area contributed by atoms with Crippen LogP contribution >= 0.6 is 35.1 Å². The fourth-order valence-electron chi connectivity index (χ4n) is 2.73. The van der Waals surface area contributed by atoms with Crippen LogP contribution < -0.4 is 5.32 Å². The van der Waals surface area contributed by atoms with E-state index in [1.54, 1.807) is 42.7 Å². The predicted octanol–water partition coefficient (Wildman–Crippen LogP) is 5.39. The fourth-order valence-corrected chi connectivity index (χ4v) is 4.51. The first kappa shape index (κ1) is 22.0. The highest BCUT2D eigenvalue weighted by atomic mass is 35.5. The normalized spacial score (nSPS) is 15.9. The van der Waals surface area contributed by atoms with Crippen molar-refractivity contribution >= 4 is 63.7 Å². The average Bonchev–Trinajstić information content (AvgIpc) is 3.11. The number of nitro groups is 1. The van der Waals surface area contributed by atoms with Crippen LogP contribution in [0.3, 0.4) is 0 Å². The molecule has 1 aromatic heterocycles. The summed E-state index contributed by atoms with van der Waals surface area (Å²) in [6.45, 7) is 1.90. The molecule has 0 saturated carbocycles. The number of benzene rings is 2. The summed E-state index contributed by atoms with van der Waals surface area (Å²) in [7, 11) is 0. The Bertz CT molecular complexity index is 1280. The van der Waals surface area contributed by atoms with E-state index in [1.807, 2.05) is 13.0 Å². The molecule has 3 aromatic rings. The van der Waals surface area contributed by atoms with E-state index in [2.05, 4.69) is 20.3 Å². The SMILES string of the molecule is Cc1ccc(Cl)cc1N=C1NC(=O)/C(=C\c2cc([N+](=O)[O-])ccc2Sc2ncccn2)S1. The molecule has 0 bridgehead atoms. The number of rotatable bonds is 5. The van der Waals surface area contributed by atoms with Gasteiger partial charge in [-0.1, -0.05) is 17.7 Å². The number of carbonyl (C=O) groups is 1. The Hall–Kier alpha value is -3.21. The minimum Gasteiger partial charge on any atom is -0.300 e. The van der Waals surface area contributed by atoms with Gasteiger partial charge in [0.15, 0.2) is 10.3 Å². The van der Waals surface area contributed by atoms with Crippen molar-refractivity contribution in [2.45, 2.75) is 17.0 Å². The molecule has 1 amide bonds. The van der Waals surface area contributed by atoms with Crippen LogP contribution in [-0.4, -0.2) is 26.0 Å². The molecule has 1 saturated heterocycles. The van der Waals surface area contributed by atoms with Gasteiger partial charge in [-0.15, -0.1) is 0 Å². The van der Waals surface area contributed by atoms with E-state index in [0.717, 1.165) is 17.3 Å². The lowest BCUT2D eigenvalue weighted by Crippen LogP contribution is -2.19. The van der Waals surface area contributed by atoms with Crippen LogP contribution in [0.5, 0.6) is 0 Å². The van der Waals surface area contributed by atoms with Gasteiger partial charge in [0.25, 0.3) is 11.6 Å². The van der Waals surface area contributed by atoms with Crippen molar-refractivity contribution in [2.75, 3.05) is 0 Å². The van der Waals surface area contributed by atoms with Crippen LogP contribution in [0.1, 0.15) is 11.1 Å². The number of hydrogen-bond acceptors (Lipinski definition) is 8. The molecule has 0 atom stereocenters. The number of nitrogens with zero attached hydrogens (tertiary/aromatic N) is 4. The molecule has 160 valence electrons. The molecule has 0 aliphatic carbocycles. The Morgan fingerprint density at radius 3 is 2.75 bits per heavy atom. The molecule has 1 N–H and O–H groups in total. The van der Waals surface area contributed by atoms with E-state index >= 15 is 0 Å². The molecule has 8 nitrogen and oxygen atoms in total. The topological polar surface area (TPSA) is 110 Å². The first-order valence-electron chi connectivity index (χ1n) is 9.18. The van der Waals surface area contributed by atoms with Crippen molar-refractivity contribution in [1.82, 2.24) is 15.3 Å². The van der Waals surface area contributed by atoms with Gasteiger partial charge >= 0.3 is 0 Å². The molecule has 11 heteroatoms. The number of thioether (sulfide) groups is 1. The van der Waals surface area contributed by atoms with Gasteiger partial charge in [0, 0.05) is 34.4 Å². The largest absolute Gasteiger partial charge is 0.300 e. The van der Waals surface area contributed by atoms with Crippen molar-refractivity contribution < 1.29 is 9.72 Å². The Morgan fingerprint density at radius 2 is 2.00 bits per heavy atom. The summed E-state index contributed by atoms with van der Waals surface area (Å²) in [5, 5.41) is 15.4. The Morgan fingerprint density at radius 1 is 1.22 bits per heavy atom. The van der Waals surface area contributed by atoms with Crippen LogP contribution in [0.2, 0.25) is 5.02 Å². The average molecular weight is 484 g/mol. The number of aryl methyl sites for hydroxylation is 1. The third-order valence-corrected chi connectivity index (χ3v) is 6.41. The highest BCUT2D eigenvalue weighted by Gasteiger charge is 2.25. The molecule has 4 rings (SSSR count). The summed E-state index contributed by atoms with van der Waals surface area (Å²) in [6, 6.07) is 11.5. The number of hydrogen-bond donors (Lipinski definition) is 1. The van der Waals surface area contributed by atoms with Crippen molar-refractivity contribution in [1.29, 1.82) is 0 Å². The summed E-state index contributed by atoms with van der Waals surface area (Å²) in [5.74, 6) is -0.341. The van der Waals surface area contributed by atoms with E-state index in [1.165, 1.54) is 23.9 Å². The van der Waals surface area contributed by atoms with Gasteiger partial charge in [0.2, 0.25) is 0 Å². The molecule has 0 radical (unpaired) electrons. The monoisotopic (exact) mass is 483 g/mol. The lowest BCUT2D eigenvalue weighted by Gasteiger charge is -2.05. The molecule has 2 heterocycles. The van der Waals surface area contributed by atoms with Gasteiger partial charge in [-0.25, -0.2) is 15.0 Å². The number of amides is 1. The van der Waals surface area contributed by atoms with Crippen molar-refractivity contribution in [3.8, 4) is 0 Å². The summed E-state index contributed by atoms with van der Waals surface area (Å²) >= 11 is 8.45. The van der Waals surface area contributed by atoms with Crippen molar-refractivity contribution in [2.24, 2.45) is 4.99 Å². The minimum absolute atomic E-state index is 0.0815. The Labute approximate surface area is 196 Å². The minimum atomic E-state index is -0.480. The van der Waals surface area contributed by atoms with Crippen LogP contribution in [0.25, 0.3) is 6.08 Å². The highest BCUT2D eigenvalue weighted by molar-refractivity contribution is 8.18. The zero-order valence-corrected chi connectivity index (χ0v) is 18.9. The third kappa shape index (κ3) is 5.16. The maximum absolute atomic E-state index is 12.5. The second kappa shape index (κ2) is 9.51. The maximum Gasteiger partial charge on any atom is 0.270 e. The number of non-ortho nitro benzene ring substituents is 1. The number of halogens is 1. The number of aromatic nitrogens is 2. The predicted molar refractivity (Wildman–Crippen MR) is 126 cm³/mol. The molecular weight excluding hydrogens is 470 g/mol. The lowest BCUT2D eigenvalue weighted by atomic mass is 10.2. The molecule has 1 fully saturated rings. The second-order valence-electron chi connectivity index (χ2n) is 6.53. The van der Waals surface area contributed by atoms with Gasteiger partial charge in [-0.3, -0.25) is 14.9 Å². The zero-order valence-electron chi connectivity index (χ0n) is 16.5. The van der Waals surface area contributed by atoms with E-state index in [9.17, 15) is 14.9 Å². The number of amidine groups is 1. The number of carbonyl (C=O) groups excluding carboxylic acids is 1. The summed E-state index contributed by atoms with van der Waals surface area (Å²) in [4.78, 5) is 37.2. The molecule has 0 unspecified atom stereocenters. The van der Waals surface area contributed by atoms with E-state index in [4.69, 9.17) is 11.6 Å². The van der Waals surface area contributed by atoms with E-state index in [0.29, 0.717) is 36.4 Å². The maximum atomic E-state index is 12.5. The molecule has 32 heavy (non-hydrogen) atoms. The summed E-state index contributed by atoms with van der Waals surface area (Å²) < 4.78 is 0. The zero-order chi connectivity index (χ0) is 22.7. The smallest absolute Gasteiger partial charge is 0.270 e. The number of aliphatic imine (C=N–C) groups is 1. The van der Waals surface area contributed by atoms with Crippen LogP contribution in [0, 0.1) is 17.0 Å². The number of nitrogens with one attached hydrogen (secondary N) is 1. The van der Waals surface area contributed by atoms with Crippen LogP contribution in [0.4, 0.5) is 11.4 Å². The standard InChI is InChI=1S/C21H14ClN5O3S2/c1-12-3-4-14(22)11-16(12)25-21-26-19(28)18(32-21)10-13-9-15(27(29)30)5-6-17(13)31-20-23-7-2-8-24-20/h2-11H,1H3,(H,25,26,28)/b18-10+. The first-order valence-corrected chi connectivity index (χ1v) is 11.2. The quantitative estimate of drug-likeness (QED) is 0.224. The Kier molecular flexibility index (Phi) is 6.54. The first-order chi connectivity index (χ1) is 15.4. The van der Waals surface area contributed by atoms with Gasteiger partial charge < -0.3 is 5.32 Å². The van der Waals surface area contributed by atoms with E-state index in [-0.39, 0.29) is 11.6 Å². The fraction of sp³-hybridized carbons (Fsp3) is 0.0476. The van der Waals surface area contributed by atoms with E-state index < -0.39 is 4.92 Å². The summed E-state index contributed by atoms with van der Waals surface area (Å²) in [6.07, 6.45) is 4.82. The number of nitro benzene ring substituents is 1. The summed E-state index contributed by atoms with van der Waals surface area (Å²) in [5.41, 5.74) is 1.99. The molecular formula is C21H14ClN5O3S2. The molecule has 1 aliphatic heterocycles. The van der Waals surface area contributed by atoms with Gasteiger partial charge in [-0.05, 0) is 71.9 Å². The van der Waals surface area contributed by atoms with Gasteiger partial charge in [0.1, 0.15) is 0 Å². The van der Waals surface area contributed by atoms with Gasteiger partial charge in [0.05, 0.1) is 15.5 Å². The van der Waals surface area contributed by atoms with Crippen LogP contribution in [-0.2, 0) is 4.79 Å². The molecule has 2 aromatic carbocycles. The third-order valence-electron chi connectivity index (χ3n) is 4.28.